The Bertz CT molecular complexity index is 523. The van der Waals surface area contributed by atoms with Gasteiger partial charge in [0.25, 0.3) is 0 Å². The molecule has 21 heavy (non-hydrogen) atoms. The molecule has 0 spiro atoms. The second-order valence-electron chi connectivity index (χ2n) is 4.30. The van der Waals surface area contributed by atoms with E-state index in [4.69, 9.17) is 5.73 Å². The Morgan fingerprint density at radius 1 is 1.14 bits per heavy atom. The molecule has 1 atom stereocenters. The Morgan fingerprint density at radius 3 is 2.43 bits per heavy atom. The molecule has 1 heterocycles. The number of nitrogens with two attached hydrogens (primary N) is 1. The van der Waals surface area contributed by atoms with Crippen LogP contribution in [0.15, 0.2) is 54.9 Å². The van der Waals surface area contributed by atoms with Crippen molar-refractivity contribution in [3.8, 4) is 0 Å². The second-order valence-corrected chi connectivity index (χ2v) is 4.30. The predicted molar refractivity (Wildman–Crippen MR) is 88.8 cm³/mol. The summed E-state index contributed by atoms with van der Waals surface area (Å²) in [5.41, 5.74) is 7.50. The SMILES string of the molecule is Cl.Cl.NCC(=O)NC(Cc1ccccc1)c1cccnc1. The van der Waals surface area contributed by atoms with E-state index in [1.165, 1.54) is 0 Å². The maximum Gasteiger partial charge on any atom is 0.234 e. The average molecular weight is 328 g/mol. The van der Waals surface area contributed by atoms with Crippen LogP contribution >= 0.6 is 24.8 Å². The van der Waals surface area contributed by atoms with E-state index in [2.05, 4.69) is 10.3 Å². The molecule has 1 aromatic carbocycles. The Labute approximate surface area is 137 Å². The third kappa shape index (κ3) is 6.12. The van der Waals surface area contributed by atoms with Crippen molar-refractivity contribution in [3.63, 3.8) is 0 Å². The molecule has 0 radical (unpaired) electrons. The van der Waals surface area contributed by atoms with Crippen LogP contribution < -0.4 is 11.1 Å². The number of amides is 1. The van der Waals surface area contributed by atoms with Gasteiger partial charge >= 0.3 is 0 Å². The number of carbonyl (C=O) groups is 1. The van der Waals surface area contributed by atoms with Crippen molar-refractivity contribution in [2.45, 2.75) is 12.5 Å². The summed E-state index contributed by atoms with van der Waals surface area (Å²) in [7, 11) is 0. The topological polar surface area (TPSA) is 68.0 Å². The fourth-order valence-corrected chi connectivity index (χ4v) is 1.94. The molecule has 0 fully saturated rings. The molecule has 0 aliphatic carbocycles. The van der Waals surface area contributed by atoms with Crippen LogP contribution in [0.2, 0.25) is 0 Å². The average Bonchev–Trinajstić information content (AvgIpc) is 2.48. The van der Waals surface area contributed by atoms with Crippen molar-refractivity contribution < 1.29 is 4.79 Å². The minimum absolute atomic E-state index is 0. The molecule has 6 heteroatoms. The van der Waals surface area contributed by atoms with Crippen molar-refractivity contribution in [3.05, 3.63) is 66.0 Å². The monoisotopic (exact) mass is 327 g/mol. The third-order valence-electron chi connectivity index (χ3n) is 2.89. The first-order valence-corrected chi connectivity index (χ1v) is 6.23. The van der Waals surface area contributed by atoms with Crippen molar-refractivity contribution in [2.24, 2.45) is 5.73 Å². The van der Waals surface area contributed by atoms with Gasteiger partial charge in [-0.25, -0.2) is 0 Å². The van der Waals surface area contributed by atoms with Crippen molar-refractivity contribution in [2.75, 3.05) is 6.54 Å². The first-order chi connectivity index (χ1) is 9.29. The number of hydrogen-bond acceptors (Lipinski definition) is 3. The molecule has 2 rings (SSSR count). The quantitative estimate of drug-likeness (QED) is 0.885. The number of aromatic nitrogens is 1. The maximum absolute atomic E-state index is 11.5. The van der Waals surface area contributed by atoms with Gasteiger partial charge in [0.05, 0.1) is 12.6 Å². The smallest absolute Gasteiger partial charge is 0.234 e. The number of benzene rings is 1. The van der Waals surface area contributed by atoms with Crippen LogP contribution in [0.3, 0.4) is 0 Å². The van der Waals surface area contributed by atoms with Crippen LogP contribution in [-0.4, -0.2) is 17.4 Å². The number of rotatable bonds is 5. The van der Waals surface area contributed by atoms with Gasteiger partial charge in [0.1, 0.15) is 0 Å². The number of nitrogens with zero attached hydrogens (tertiary/aromatic N) is 1. The number of nitrogens with one attached hydrogen (secondary N) is 1. The summed E-state index contributed by atoms with van der Waals surface area (Å²) >= 11 is 0. The highest BCUT2D eigenvalue weighted by Gasteiger charge is 2.14. The Hall–Kier alpha value is -1.62. The lowest BCUT2D eigenvalue weighted by atomic mass is 10.00. The lowest BCUT2D eigenvalue weighted by Crippen LogP contribution is -2.34. The summed E-state index contributed by atoms with van der Waals surface area (Å²) in [5, 5.41) is 2.93. The summed E-state index contributed by atoms with van der Waals surface area (Å²) in [4.78, 5) is 15.6. The lowest BCUT2D eigenvalue weighted by molar-refractivity contribution is -0.120. The molecular formula is C15H19Cl2N3O. The Kier molecular flexibility index (Phi) is 9.37. The van der Waals surface area contributed by atoms with Gasteiger partial charge in [0.15, 0.2) is 0 Å². The molecule has 0 saturated carbocycles. The molecule has 3 N–H and O–H groups in total. The van der Waals surface area contributed by atoms with E-state index in [0.717, 1.165) is 17.5 Å². The van der Waals surface area contributed by atoms with Gasteiger partial charge < -0.3 is 11.1 Å². The van der Waals surface area contributed by atoms with Crippen molar-refractivity contribution >= 4 is 30.7 Å². The van der Waals surface area contributed by atoms with Crippen molar-refractivity contribution in [1.29, 1.82) is 0 Å². The maximum atomic E-state index is 11.5. The molecule has 0 aliphatic heterocycles. The fraction of sp³-hybridized carbons (Fsp3) is 0.200. The molecular weight excluding hydrogens is 309 g/mol. The van der Waals surface area contributed by atoms with Gasteiger partial charge in [-0.15, -0.1) is 24.8 Å². The van der Waals surface area contributed by atoms with Gasteiger partial charge in [-0.1, -0.05) is 36.4 Å². The number of carbonyl (C=O) groups excluding carboxylic acids is 1. The summed E-state index contributed by atoms with van der Waals surface area (Å²) in [5.74, 6) is -0.162. The molecule has 0 aliphatic rings. The van der Waals surface area contributed by atoms with Gasteiger partial charge in [0, 0.05) is 12.4 Å². The summed E-state index contributed by atoms with van der Waals surface area (Å²) in [6.07, 6.45) is 4.20. The number of hydrogen-bond donors (Lipinski definition) is 2. The largest absolute Gasteiger partial charge is 0.348 e. The van der Waals surface area contributed by atoms with E-state index < -0.39 is 0 Å². The van der Waals surface area contributed by atoms with Crippen molar-refractivity contribution in [1.82, 2.24) is 10.3 Å². The minimum Gasteiger partial charge on any atom is -0.348 e. The van der Waals surface area contributed by atoms with Crippen LogP contribution in [0, 0.1) is 0 Å². The molecule has 0 bridgehead atoms. The first-order valence-electron chi connectivity index (χ1n) is 6.23. The molecule has 114 valence electrons. The van der Waals surface area contributed by atoms with Gasteiger partial charge in [-0.3, -0.25) is 9.78 Å². The number of pyridine rings is 1. The molecule has 0 saturated heterocycles. The normalized spacial score (nSPS) is 10.7. The van der Waals surface area contributed by atoms with Crippen LogP contribution in [0.25, 0.3) is 0 Å². The van der Waals surface area contributed by atoms with Crippen LogP contribution in [-0.2, 0) is 11.2 Å². The van der Waals surface area contributed by atoms with E-state index in [1.54, 1.807) is 12.4 Å². The van der Waals surface area contributed by atoms with Gasteiger partial charge in [-0.05, 0) is 23.6 Å². The first kappa shape index (κ1) is 19.4. The Balaban J connectivity index is 0.00000200. The zero-order valence-electron chi connectivity index (χ0n) is 11.4. The zero-order chi connectivity index (χ0) is 13.5. The summed E-state index contributed by atoms with van der Waals surface area (Å²) in [6, 6.07) is 13.7. The van der Waals surface area contributed by atoms with Gasteiger partial charge in [-0.2, -0.15) is 0 Å². The summed E-state index contributed by atoms with van der Waals surface area (Å²) in [6.45, 7) is -0.00838. The fourth-order valence-electron chi connectivity index (χ4n) is 1.94. The molecule has 1 aromatic heterocycles. The van der Waals surface area contributed by atoms with Crippen LogP contribution in [0.4, 0.5) is 0 Å². The van der Waals surface area contributed by atoms with E-state index >= 15 is 0 Å². The molecule has 4 nitrogen and oxygen atoms in total. The van der Waals surface area contributed by atoms with Crippen LogP contribution in [0.1, 0.15) is 17.2 Å². The Morgan fingerprint density at radius 2 is 1.86 bits per heavy atom. The van der Waals surface area contributed by atoms with Gasteiger partial charge in [0.2, 0.25) is 5.91 Å². The summed E-state index contributed by atoms with van der Waals surface area (Å²) < 4.78 is 0. The highest BCUT2D eigenvalue weighted by Crippen LogP contribution is 2.17. The van der Waals surface area contributed by atoms with E-state index in [-0.39, 0.29) is 43.3 Å². The van der Waals surface area contributed by atoms with E-state index in [1.807, 2.05) is 42.5 Å². The molecule has 1 unspecified atom stereocenters. The minimum atomic E-state index is -0.162. The lowest BCUT2D eigenvalue weighted by Gasteiger charge is -2.18. The van der Waals surface area contributed by atoms with E-state index in [9.17, 15) is 4.79 Å². The predicted octanol–water partition coefficient (Wildman–Crippen LogP) is 2.28. The molecule has 2 aromatic rings. The van der Waals surface area contributed by atoms with E-state index in [0.29, 0.717) is 0 Å². The second kappa shape index (κ2) is 10.2. The van der Waals surface area contributed by atoms with Crippen LogP contribution in [0.5, 0.6) is 0 Å². The molecule has 1 amide bonds. The third-order valence-corrected chi connectivity index (χ3v) is 2.89. The highest BCUT2D eigenvalue weighted by atomic mass is 35.5. The standard InChI is InChI=1S/C15H17N3O.2ClH/c16-10-15(19)18-14(13-7-4-8-17-11-13)9-12-5-2-1-3-6-12;;/h1-8,11,14H,9-10,16H2,(H,18,19);2*1H. The highest BCUT2D eigenvalue weighted by molar-refractivity contribution is 5.85. The zero-order valence-corrected chi connectivity index (χ0v) is 13.1. The number of halogens is 2.